The highest BCUT2D eigenvalue weighted by Gasteiger charge is 2.29. The van der Waals surface area contributed by atoms with Gasteiger partial charge in [-0.05, 0) is 24.3 Å². The number of aromatic nitrogens is 5. The molecule has 0 aliphatic carbocycles. The number of anilines is 1. The number of hydrogen-bond donors (Lipinski definition) is 1. The van der Waals surface area contributed by atoms with Crippen molar-refractivity contribution in [3.63, 3.8) is 0 Å². The topological polar surface area (TPSA) is 157 Å². The zero-order valence-corrected chi connectivity index (χ0v) is 22.0. The molecule has 5 aromatic heterocycles. The van der Waals surface area contributed by atoms with E-state index in [2.05, 4.69) is 20.7 Å². The number of nitrogens with one attached hydrogen (secondary N) is 1. The smallest absolute Gasteiger partial charge is 0.343 e. The van der Waals surface area contributed by atoms with Gasteiger partial charge in [-0.25, -0.2) is 4.79 Å². The number of nitrogens with zero attached hydrogens (tertiary/aromatic N) is 5. The van der Waals surface area contributed by atoms with Gasteiger partial charge >= 0.3 is 11.9 Å². The number of thiophene rings is 1. The van der Waals surface area contributed by atoms with Gasteiger partial charge in [-0.15, -0.1) is 11.3 Å². The van der Waals surface area contributed by atoms with Crippen LogP contribution in [0.3, 0.4) is 0 Å². The van der Waals surface area contributed by atoms with Gasteiger partial charge in [-0.1, -0.05) is 21.9 Å². The molecule has 0 aliphatic rings. The van der Waals surface area contributed by atoms with E-state index in [4.69, 9.17) is 30.1 Å². The molecule has 39 heavy (non-hydrogen) atoms. The van der Waals surface area contributed by atoms with Gasteiger partial charge in [0.05, 0.1) is 49.7 Å². The Morgan fingerprint density at radius 1 is 1.15 bits per heavy atom. The van der Waals surface area contributed by atoms with E-state index >= 15 is 0 Å². The fourth-order valence-corrected chi connectivity index (χ4v) is 4.84. The van der Waals surface area contributed by atoms with Crippen LogP contribution in [0.25, 0.3) is 11.4 Å². The highest BCUT2D eigenvalue weighted by atomic mass is 35.5. The number of ether oxygens (including phenoxy) is 2. The first-order chi connectivity index (χ1) is 18.9. The minimum absolute atomic E-state index is 0.0228. The maximum absolute atomic E-state index is 13.4. The van der Waals surface area contributed by atoms with E-state index < -0.39 is 17.4 Å². The minimum Gasteiger partial charge on any atom is -0.491 e. The average molecular weight is 571 g/mol. The van der Waals surface area contributed by atoms with Crippen LogP contribution in [-0.2, 0) is 17.8 Å². The Balaban J connectivity index is 1.68. The first-order valence-electron chi connectivity index (χ1n) is 11.2. The third-order valence-corrected chi connectivity index (χ3v) is 6.82. The maximum atomic E-state index is 13.4. The highest BCUT2D eigenvalue weighted by Crippen LogP contribution is 2.37. The van der Waals surface area contributed by atoms with Crippen molar-refractivity contribution in [3.05, 3.63) is 85.4 Å². The van der Waals surface area contributed by atoms with Crippen molar-refractivity contribution in [3.8, 4) is 17.1 Å². The lowest BCUT2D eigenvalue weighted by Gasteiger charge is -2.13. The number of hydrogen-bond acceptors (Lipinski definition) is 12. The van der Waals surface area contributed by atoms with Crippen molar-refractivity contribution in [1.82, 2.24) is 24.7 Å². The summed E-state index contributed by atoms with van der Waals surface area (Å²) in [7, 11) is 2.58. The van der Waals surface area contributed by atoms with Gasteiger partial charge in [0.25, 0.3) is 5.56 Å². The van der Waals surface area contributed by atoms with Crippen LogP contribution in [0.2, 0.25) is 4.34 Å². The lowest BCUT2D eigenvalue weighted by molar-refractivity contribution is 0.0598. The molecule has 5 aromatic rings. The number of rotatable bonds is 9. The first kappa shape index (κ1) is 25.9. The van der Waals surface area contributed by atoms with Gasteiger partial charge < -0.3 is 28.4 Å². The van der Waals surface area contributed by atoms with Gasteiger partial charge in [0.1, 0.15) is 11.8 Å². The molecule has 200 valence electrons. The van der Waals surface area contributed by atoms with Crippen molar-refractivity contribution in [2.24, 2.45) is 0 Å². The lowest BCUT2D eigenvalue weighted by Crippen LogP contribution is -2.28. The quantitative estimate of drug-likeness (QED) is 0.258. The second kappa shape index (κ2) is 11.0. The van der Waals surface area contributed by atoms with Gasteiger partial charge in [-0.2, -0.15) is 9.78 Å². The van der Waals surface area contributed by atoms with E-state index in [1.165, 1.54) is 67.0 Å². The van der Waals surface area contributed by atoms with Crippen LogP contribution < -0.4 is 15.6 Å². The van der Waals surface area contributed by atoms with Gasteiger partial charge in [-0.3, -0.25) is 9.59 Å². The molecule has 0 spiro atoms. The average Bonchev–Trinajstić information content (AvgIpc) is 3.75. The Kier molecular flexibility index (Phi) is 7.29. The summed E-state index contributed by atoms with van der Waals surface area (Å²) in [4.78, 5) is 39.9. The van der Waals surface area contributed by atoms with Crippen molar-refractivity contribution in [2.45, 2.75) is 13.1 Å². The Bertz CT molecular complexity index is 1690. The van der Waals surface area contributed by atoms with Crippen molar-refractivity contribution < 1.29 is 28.1 Å². The van der Waals surface area contributed by atoms with E-state index in [0.717, 1.165) is 9.56 Å². The predicted octanol–water partition coefficient (Wildman–Crippen LogP) is 3.55. The molecule has 0 fully saturated rings. The Morgan fingerprint density at radius 3 is 2.64 bits per heavy atom. The molecule has 0 saturated heterocycles. The van der Waals surface area contributed by atoms with E-state index in [0.29, 0.717) is 9.90 Å². The summed E-state index contributed by atoms with van der Waals surface area (Å²) in [5.74, 6) is -1.16. The normalized spacial score (nSPS) is 10.9. The molecule has 5 rings (SSSR count). The Morgan fingerprint density at radius 2 is 2.00 bits per heavy atom. The number of halogens is 1. The molecule has 13 nitrogen and oxygen atoms in total. The lowest BCUT2D eigenvalue weighted by atomic mass is 10.1. The summed E-state index contributed by atoms with van der Waals surface area (Å²) in [6.45, 7) is 0.266. The maximum Gasteiger partial charge on any atom is 0.343 e. The molecule has 1 N–H and O–H groups in total. The third kappa shape index (κ3) is 5.06. The summed E-state index contributed by atoms with van der Waals surface area (Å²) >= 11 is 7.43. The molecular weight excluding hydrogens is 552 g/mol. The molecule has 0 amide bonds. The van der Waals surface area contributed by atoms with E-state index in [-0.39, 0.29) is 47.4 Å². The van der Waals surface area contributed by atoms with Crippen LogP contribution in [0, 0.1) is 0 Å². The van der Waals surface area contributed by atoms with Crippen LogP contribution >= 0.6 is 22.9 Å². The molecule has 0 unspecified atom stereocenters. The molecule has 0 radical (unpaired) electrons. The monoisotopic (exact) mass is 570 g/mol. The largest absolute Gasteiger partial charge is 0.491 e. The third-order valence-electron chi connectivity index (χ3n) is 5.59. The van der Waals surface area contributed by atoms with E-state index in [9.17, 15) is 14.4 Å². The molecule has 0 saturated carbocycles. The predicted molar refractivity (Wildman–Crippen MR) is 138 cm³/mol. The molecule has 5 heterocycles. The SMILES string of the molecule is COC(=O)c1ccc(-c2nn(C(=O)c3ccno3)c(NCc3ccc(Cl)s3)c2OC)n(Cc2cnoc2)c1=O. The zero-order valence-electron chi connectivity index (χ0n) is 20.4. The van der Waals surface area contributed by atoms with Crippen LogP contribution in [0.15, 0.2) is 62.8 Å². The second-order valence-electron chi connectivity index (χ2n) is 7.93. The standard InChI is InChI=1S/C24H19ClN6O7S/c1-35-20-19(16-5-4-15(24(34)36-2)22(32)30(16)11-13-9-28-37-12-13)29-31(23(33)17-7-8-27-38-17)21(20)26-10-14-3-6-18(25)39-14/h3-9,12,26H,10-11H2,1-2H3. The first-order valence-corrected chi connectivity index (χ1v) is 12.4. The summed E-state index contributed by atoms with van der Waals surface area (Å²) in [6.07, 6.45) is 4.13. The zero-order chi connectivity index (χ0) is 27.5. The molecule has 15 heteroatoms. The van der Waals surface area contributed by atoms with Gasteiger partial charge in [0.15, 0.2) is 17.3 Å². The van der Waals surface area contributed by atoms with Gasteiger partial charge in [0.2, 0.25) is 5.76 Å². The number of methoxy groups -OCH3 is 2. The summed E-state index contributed by atoms with van der Waals surface area (Å²) in [5, 5.41) is 15.0. The second-order valence-corrected chi connectivity index (χ2v) is 9.73. The number of carbonyl (C=O) groups is 2. The minimum atomic E-state index is -0.805. The Hall–Kier alpha value is -4.69. The van der Waals surface area contributed by atoms with Crippen molar-refractivity contribution >= 4 is 40.6 Å². The number of pyridine rings is 1. The van der Waals surface area contributed by atoms with Crippen LogP contribution in [0.4, 0.5) is 5.82 Å². The van der Waals surface area contributed by atoms with Crippen LogP contribution in [0.1, 0.15) is 31.4 Å². The highest BCUT2D eigenvalue weighted by molar-refractivity contribution is 7.16. The molecule has 0 bridgehead atoms. The summed E-state index contributed by atoms with van der Waals surface area (Å²) in [6, 6.07) is 7.83. The Labute approximate surface area is 228 Å². The summed E-state index contributed by atoms with van der Waals surface area (Å²) in [5.41, 5.74) is 0.0896. The van der Waals surface area contributed by atoms with E-state index in [1.807, 2.05) is 6.07 Å². The van der Waals surface area contributed by atoms with Crippen LogP contribution in [0.5, 0.6) is 5.75 Å². The number of esters is 1. The summed E-state index contributed by atoms with van der Waals surface area (Å²) < 4.78 is 23.4. The molecular formula is C24H19ClN6O7S. The van der Waals surface area contributed by atoms with Crippen LogP contribution in [-0.4, -0.2) is 50.8 Å². The number of carbonyl (C=O) groups excluding carboxylic acids is 2. The van der Waals surface area contributed by atoms with E-state index in [1.54, 1.807) is 6.07 Å². The molecule has 0 aliphatic heterocycles. The fraction of sp³-hybridized carbons (Fsp3) is 0.167. The van der Waals surface area contributed by atoms with Crippen molar-refractivity contribution in [1.29, 1.82) is 0 Å². The molecule has 0 aromatic carbocycles. The van der Waals surface area contributed by atoms with Gasteiger partial charge in [0, 0.05) is 16.5 Å². The fourth-order valence-electron chi connectivity index (χ4n) is 3.81. The van der Waals surface area contributed by atoms with Crippen molar-refractivity contribution in [2.75, 3.05) is 19.5 Å². The molecule has 0 atom stereocenters.